The van der Waals surface area contributed by atoms with Crippen LogP contribution >= 0.6 is 11.6 Å². The lowest BCUT2D eigenvalue weighted by molar-refractivity contribution is -0.138. The maximum atomic E-state index is 9.87. The van der Waals surface area contributed by atoms with Crippen molar-refractivity contribution in [2.45, 2.75) is 6.42 Å². The number of halogens is 1. The molecule has 1 radical (unpaired) electrons. The van der Waals surface area contributed by atoms with Crippen LogP contribution in [0.15, 0.2) is 0 Å². The highest BCUT2D eigenvalue weighted by Gasteiger charge is 2.42. The summed E-state index contributed by atoms with van der Waals surface area (Å²) in [6, 6.07) is 0. The Hall–Kier alpha value is -0.240. The molecule has 0 saturated heterocycles. The number of hydrogen-bond donors (Lipinski definition) is 1. The number of aliphatic carboxylic acids is 1. The van der Waals surface area contributed by atoms with Crippen molar-refractivity contribution >= 4 is 17.6 Å². The summed E-state index contributed by atoms with van der Waals surface area (Å²) in [6.45, 7) is 0. The molecule has 1 saturated carbocycles. The Labute approximate surface area is 46.1 Å². The molecule has 1 rings (SSSR count). The summed E-state index contributed by atoms with van der Waals surface area (Å²) in [5, 5.41) is 8.69. The zero-order valence-corrected chi connectivity index (χ0v) is 4.27. The van der Waals surface area contributed by atoms with E-state index in [1.165, 1.54) is 0 Å². The second kappa shape index (κ2) is 1.37. The molecule has 0 bridgehead atoms. The Morgan fingerprint density at radius 2 is 2.43 bits per heavy atom. The number of carboxylic acid groups (broad SMARTS) is 1. The normalized spacial score (nSPS) is 30.1. The van der Waals surface area contributed by atoms with E-state index in [1.54, 1.807) is 0 Å². The van der Waals surface area contributed by atoms with E-state index in [0.717, 1.165) is 0 Å². The molecule has 0 aliphatic heterocycles. The van der Waals surface area contributed by atoms with Crippen molar-refractivity contribution in [3.63, 3.8) is 0 Å². The summed E-state index contributed by atoms with van der Waals surface area (Å²) in [5.74, 6) is -1.13. The molecule has 0 spiro atoms. The van der Waals surface area contributed by atoms with E-state index in [9.17, 15) is 4.79 Å². The third kappa shape index (κ3) is 0.855. The van der Waals surface area contributed by atoms with E-state index in [4.69, 9.17) is 16.7 Å². The first-order valence-electron chi connectivity index (χ1n) is 1.96. The average molecular weight is 120 g/mol. The fourth-order valence-corrected chi connectivity index (χ4v) is 0.605. The second-order valence-electron chi connectivity index (χ2n) is 1.54. The van der Waals surface area contributed by atoms with Crippen LogP contribution in [0.4, 0.5) is 0 Å². The Morgan fingerprint density at radius 1 is 2.00 bits per heavy atom. The lowest BCUT2D eigenvalue weighted by Crippen LogP contribution is -1.96. The highest BCUT2D eigenvalue weighted by molar-refractivity contribution is 6.31. The van der Waals surface area contributed by atoms with Gasteiger partial charge in [-0.05, 0) is 6.42 Å². The van der Waals surface area contributed by atoms with Crippen LogP contribution in [0.25, 0.3) is 0 Å². The molecule has 1 aliphatic carbocycles. The minimum absolute atomic E-state index is 0.332. The van der Waals surface area contributed by atoms with Crippen molar-refractivity contribution in [3.05, 3.63) is 5.38 Å². The van der Waals surface area contributed by atoms with Crippen LogP contribution in [-0.4, -0.2) is 11.1 Å². The number of hydrogen-bond acceptors (Lipinski definition) is 1. The van der Waals surface area contributed by atoms with Crippen molar-refractivity contribution in [2.75, 3.05) is 0 Å². The fourth-order valence-electron chi connectivity index (χ4n) is 0.357. The maximum Gasteiger partial charge on any atom is 0.308 e. The van der Waals surface area contributed by atoms with E-state index in [0.29, 0.717) is 11.8 Å². The molecule has 3 heteroatoms. The highest BCUT2D eigenvalue weighted by Crippen LogP contribution is 2.44. The number of rotatable bonds is 1. The largest absolute Gasteiger partial charge is 0.481 e. The van der Waals surface area contributed by atoms with Crippen molar-refractivity contribution < 1.29 is 9.90 Å². The lowest BCUT2D eigenvalue weighted by atomic mass is 10.5. The van der Waals surface area contributed by atoms with Crippen LogP contribution in [0.1, 0.15) is 6.42 Å². The SMILES string of the molecule is O=C(O)[C@@H]1C[C]1Cl. The van der Waals surface area contributed by atoms with Crippen molar-refractivity contribution in [2.24, 2.45) is 5.92 Å². The molecule has 0 unspecified atom stereocenters. The topological polar surface area (TPSA) is 37.3 Å². The Balaban J connectivity index is 2.33. The highest BCUT2D eigenvalue weighted by atomic mass is 35.5. The second-order valence-corrected chi connectivity index (χ2v) is 2.03. The van der Waals surface area contributed by atoms with Crippen molar-refractivity contribution in [1.82, 2.24) is 0 Å². The number of carboxylic acids is 1. The van der Waals surface area contributed by atoms with Crippen LogP contribution in [0.2, 0.25) is 0 Å². The smallest absolute Gasteiger partial charge is 0.308 e. The maximum absolute atomic E-state index is 9.87. The van der Waals surface area contributed by atoms with Gasteiger partial charge in [-0.15, -0.1) is 11.6 Å². The summed E-state index contributed by atoms with van der Waals surface area (Å²) < 4.78 is 0. The first-order valence-corrected chi connectivity index (χ1v) is 2.33. The molecule has 7 heavy (non-hydrogen) atoms. The molecule has 1 N–H and O–H groups in total. The molecule has 0 heterocycles. The van der Waals surface area contributed by atoms with Gasteiger partial charge in [-0.1, -0.05) is 0 Å². The van der Waals surface area contributed by atoms with E-state index >= 15 is 0 Å². The predicted molar refractivity (Wildman–Crippen MR) is 24.8 cm³/mol. The van der Waals surface area contributed by atoms with Gasteiger partial charge in [-0.2, -0.15) is 0 Å². The van der Waals surface area contributed by atoms with Gasteiger partial charge < -0.3 is 5.11 Å². The van der Waals surface area contributed by atoms with E-state index in [1.807, 2.05) is 0 Å². The van der Waals surface area contributed by atoms with Gasteiger partial charge in [0.2, 0.25) is 0 Å². The molecule has 1 atom stereocenters. The Morgan fingerprint density at radius 3 is 2.43 bits per heavy atom. The molecule has 1 aliphatic rings. The molecule has 0 aromatic rings. The van der Waals surface area contributed by atoms with Gasteiger partial charge in [-0.25, -0.2) is 0 Å². The van der Waals surface area contributed by atoms with Crippen LogP contribution in [0, 0.1) is 11.3 Å². The zero-order valence-electron chi connectivity index (χ0n) is 3.52. The van der Waals surface area contributed by atoms with Crippen molar-refractivity contribution in [1.29, 1.82) is 0 Å². The minimum Gasteiger partial charge on any atom is -0.481 e. The van der Waals surface area contributed by atoms with Gasteiger partial charge in [0.25, 0.3) is 0 Å². The van der Waals surface area contributed by atoms with Gasteiger partial charge in [0.1, 0.15) is 0 Å². The molecule has 0 aromatic heterocycles. The monoisotopic (exact) mass is 119 g/mol. The van der Waals surface area contributed by atoms with E-state index < -0.39 is 5.97 Å². The third-order valence-corrected chi connectivity index (χ3v) is 1.33. The van der Waals surface area contributed by atoms with E-state index in [-0.39, 0.29) is 5.92 Å². The third-order valence-electron chi connectivity index (χ3n) is 0.915. The first kappa shape index (κ1) is 4.91. The number of carbonyl (C=O) groups is 1. The summed E-state index contributed by atoms with van der Waals surface area (Å²) in [4.78, 5) is 9.87. The lowest BCUT2D eigenvalue weighted by Gasteiger charge is -1.78. The van der Waals surface area contributed by atoms with Gasteiger partial charge in [0.15, 0.2) is 0 Å². The molecule has 0 aromatic carbocycles. The summed E-state index contributed by atoms with van der Waals surface area (Å²) >= 11 is 5.28. The van der Waals surface area contributed by atoms with E-state index in [2.05, 4.69) is 0 Å². The quantitative estimate of drug-likeness (QED) is 0.556. The van der Waals surface area contributed by atoms with Gasteiger partial charge in [0, 0.05) is 0 Å². The fraction of sp³-hybridized carbons (Fsp3) is 0.500. The predicted octanol–water partition coefficient (Wildman–Crippen LogP) is 0.862. The molecular formula is C4H4ClO2. The van der Waals surface area contributed by atoms with Crippen LogP contribution in [0.5, 0.6) is 0 Å². The standard InChI is InChI=1S/C4H4ClO2/c5-3-1-2(3)4(6)7/h2H,1H2,(H,6,7)/t2-/m1/s1. The molecule has 0 amide bonds. The Bertz CT molecular complexity index is 102. The summed E-state index contributed by atoms with van der Waals surface area (Å²) in [5.41, 5.74) is 0. The molecule has 1 fully saturated rings. The minimum atomic E-state index is -0.801. The van der Waals surface area contributed by atoms with Crippen molar-refractivity contribution in [3.8, 4) is 0 Å². The molecule has 39 valence electrons. The van der Waals surface area contributed by atoms with Crippen LogP contribution in [0.3, 0.4) is 0 Å². The summed E-state index contributed by atoms with van der Waals surface area (Å²) in [6.07, 6.45) is 0.566. The van der Waals surface area contributed by atoms with Gasteiger partial charge in [-0.3, -0.25) is 4.79 Å². The van der Waals surface area contributed by atoms with Crippen LogP contribution < -0.4 is 0 Å². The Kier molecular flexibility index (Phi) is 0.961. The summed E-state index contributed by atoms with van der Waals surface area (Å²) in [7, 11) is 0. The first-order chi connectivity index (χ1) is 3.22. The molecule has 2 nitrogen and oxygen atoms in total. The zero-order chi connectivity index (χ0) is 5.44. The average Bonchev–Trinajstić information content (AvgIpc) is 2.17. The van der Waals surface area contributed by atoms with Crippen LogP contribution in [-0.2, 0) is 4.79 Å². The van der Waals surface area contributed by atoms with Gasteiger partial charge in [0.05, 0.1) is 11.3 Å². The van der Waals surface area contributed by atoms with Gasteiger partial charge >= 0.3 is 5.97 Å². The molecular weight excluding hydrogens is 115 g/mol.